The van der Waals surface area contributed by atoms with Crippen molar-refractivity contribution in [1.82, 2.24) is 4.90 Å². The molecule has 0 radical (unpaired) electrons. The minimum absolute atomic E-state index is 0.110. The van der Waals surface area contributed by atoms with Crippen LogP contribution in [0.4, 0.5) is 5.69 Å². The van der Waals surface area contributed by atoms with Crippen LogP contribution in [0.25, 0.3) is 0 Å². The normalized spacial score (nSPS) is 15.6. The molecular formula is C21H26N2O5S. The fraction of sp³-hybridized carbons (Fsp3) is 0.381. The lowest BCUT2D eigenvalue weighted by Gasteiger charge is -2.29. The van der Waals surface area contributed by atoms with Crippen molar-refractivity contribution < 1.29 is 22.7 Å². The lowest BCUT2D eigenvalue weighted by molar-refractivity contribution is -0.142. The number of hydrogen-bond donors (Lipinski definition) is 1. The van der Waals surface area contributed by atoms with Gasteiger partial charge in [0.1, 0.15) is 5.75 Å². The number of amides is 1. The fourth-order valence-corrected chi connectivity index (χ4v) is 4.28. The van der Waals surface area contributed by atoms with E-state index < -0.39 is 16.1 Å². The van der Waals surface area contributed by atoms with E-state index >= 15 is 0 Å². The number of hydrogen-bond acceptors (Lipinski definition) is 5. The highest BCUT2D eigenvalue weighted by Gasteiger charge is 2.24. The molecule has 29 heavy (non-hydrogen) atoms. The molecule has 1 aliphatic heterocycles. The molecule has 1 aliphatic rings. The molecule has 1 atom stereocenters. The Labute approximate surface area is 171 Å². The molecule has 156 valence electrons. The molecular weight excluding hydrogens is 392 g/mol. The second-order valence-corrected chi connectivity index (χ2v) is 8.83. The van der Waals surface area contributed by atoms with Crippen molar-refractivity contribution in [3.8, 4) is 5.75 Å². The maximum atomic E-state index is 12.6. The molecule has 0 saturated carbocycles. The number of ether oxygens (including phenoxy) is 2. The summed E-state index contributed by atoms with van der Waals surface area (Å²) in [6.45, 7) is 7.66. The number of rotatable bonds is 6. The van der Waals surface area contributed by atoms with E-state index in [1.807, 2.05) is 19.9 Å². The van der Waals surface area contributed by atoms with Crippen molar-refractivity contribution in [3.05, 3.63) is 53.6 Å². The van der Waals surface area contributed by atoms with E-state index in [0.717, 1.165) is 11.1 Å². The average molecular weight is 419 g/mol. The summed E-state index contributed by atoms with van der Waals surface area (Å²) in [7, 11) is -3.72. The highest BCUT2D eigenvalue weighted by atomic mass is 32.2. The third-order valence-electron chi connectivity index (χ3n) is 4.59. The minimum atomic E-state index is -3.72. The van der Waals surface area contributed by atoms with Crippen LogP contribution in [-0.4, -0.2) is 51.6 Å². The highest BCUT2D eigenvalue weighted by Crippen LogP contribution is 2.22. The van der Waals surface area contributed by atoms with Gasteiger partial charge < -0.3 is 14.4 Å². The monoisotopic (exact) mass is 418 g/mol. The zero-order valence-corrected chi connectivity index (χ0v) is 17.7. The second kappa shape index (κ2) is 8.84. The maximum absolute atomic E-state index is 12.6. The van der Waals surface area contributed by atoms with Crippen LogP contribution in [0.15, 0.2) is 47.4 Å². The molecule has 0 spiro atoms. The Morgan fingerprint density at radius 1 is 1.07 bits per heavy atom. The van der Waals surface area contributed by atoms with Gasteiger partial charge in [-0.05, 0) is 68.3 Å². The number of morpholine rings is 1. The molecule has 0 aromatic heterocycles. The number of carbonyl (C=O) groups excluding carboxylic acids is 1. The van der Waals surface area contributed by atoms with E-state index in [4.69, 9.17) is 9.47 Å². The molecule has 0 unspecified atom stereocenters. The molecule has 0 aliphatic carbocycles. The third-order valence-corrected chi connectivity index (χ3v) is 5.99. The van der Waals surface area contributed by atoms with Crippen LogP contribution in [-0.2, 0) is 19.6 Å². The Balaban J connectivity index is 1.66. The summed E-state index contributed by atoms with van der Waals surface area (Å²) in [6.07, 6.45) is -0.663. The molecule has 3 rings (SSSR count). The van der Waals surface area contributed by atoms with Gasteiger partial charge in [0.2, 0.25) is 0 Å². The van der Waals surface area contributed by atoms with Gasteiger partial charge in [0, 0.05) is 18.8 Å². The number of nitrogens with zero attached hydrogens (tertiary/aromatic N) is 1. The minimum Gasteiger partial charge on any atom is -0.481 e. The molecule has 2 aromatic carbocycles. The standard InChI is InChI=1S/C21H26N2O5S/c1-15-12-16(2)14-18(13-15)22-29(25,26)20-6-4-19(5-7-20)28-17(3)21(24)23-8-10-27-11-9-23/h4-7,12-14,17,22H,8-11H2,1-3H3/t17-/m0/s1. The van der Waals surface area contributed by atoms with Crippen molar-refractivity contribution >= 4 is 21.6 Å². The molecule has 1 heterocycles. The van der Waals surface area contributed by atoms with E-state index in [2.05, 4.69) is 4.72 Å². The number of anilines is 1. The van der Waals surface area contributed by atoms with E-state index in [0.29, 0.717) is 37.7 Å². The summed E-state index contributed by atoms with van der Waals surface area (Å²) in [5, 5.41) is 0. The average Bonchev–Trinajstić information content (AvgIpc) is 2.67. The lowest BCUT2D eigenvalue weighted by Crippen LogP contribution is -2.46. The van der Waals surface area contributed by atoms with Crippen LogP contribution >= 0.6 is 0 Å². The van der Waals surface area contributed by atoms with Crippen molar-refractivity contribution in [1.29, 1.82) is 0 Å². The van der Waals surface area contributed by atoms with Gasteiger partial charge in [-0.3, -0.25) is 9.52 Å². The quantitative estimate of drug-likeness (QED) is 0.780. The number of sulfonamides is 1. The fourth-order valence-electron chi connectivity index (χ4n) is 3.24. The predicted octanol–water partition coefficient (Wildman–Crippen LogP) is 2.73. The van der Waals surface area contributed by atoms with Gasteiger partial charge in [0.15, 0.2) is 6.10 Å². The summed E-state index contributed by atoms with van der Waals surface area (Å²) in [6, 6.07) is 11.6. The zero-order valence-electron chi connectivity index (χ0n) is 16.8. The van der Waals surface area contributed by atoms with Crippen LogP contribution in [0.3, 0.4) is 0 Å². The Hall–Kier alpha value is -2.58. The summed E-state index contributed by atoms with van der Waals surface area (Å²) in [5.41, 5.74) is 2.48. The number of nitrogens with one attached hydrogen (secondary N) is 1. The molecule has 7 nitrogen and oxygen atoms in total. The van der Waals surface area contributed by atoms with Crippen molar-refractivity contribution in [2.75, 3.05) is 31.0 Å². The van der Waals surface area contributed by atoms with Crippen LogP contribution < -0.4 is 9.46 Å². The van der Waals surface area contributed by atoms with Gasteiger partial charge in [0.25, 0.3) is 15.9 Å². The van der Waals surface area contributed by atoms with Gasteiger partial charge in [-0.15, -0.1) is 0 Å². The molecule has 0 bridgehead atoms. The van der Waals surface area contributed by atoms with Gasteiger partial charge in [-0.1, -0.05) is 6.07 Å². The van der Waals surface area contributed by atoms with E-state index in [1.54, 1.807) is 36.1 Å². The first-order valence-corrected chi connectivity index (χ1v) is 11.0. The van der Waals surface area contributed by atoms with E-state index in [9.17, 15) is 13.2 Å². The Kier molecular flexibility index (Phi) is 6.44. The first-order chi connectivity index (χ1) is 13.7. The van der Waals surface area contributed by atoms with Crippen LogP contribution in [0.1, 0.15) is 18.1 Å². The van der Waals surface area contributed by atoms with Gasteiger partial charge in [-0.25, -0.2) is 8.42 Å². The van der Waals surface area contributed by atoms with E-state index in [-0.39, 0.29) is 10.8 Å². The van der Waals surface area contributed by atoms with Crippen LogP contribution in [0.5, 0.6) is 5.75 Å². The topological polar surface area (TPSA) is 84.9 Å². The van der Waals surface area contributed by atoms with Crippen LogP contribution in [0.2, 0.25) is 0 Å². The Bertz CT molecular complexity index is 947. The summed E-state index contributed by atoms with van der Waals surface area (Å²) >= 11 is 0. The number of carbonyl (C=O) groups is 1. The molecule has 1 amide bonds. The third kappa shape index (κ3) is 5.48. The van der Waals surface area contributed by atoms with Crippen molar-refractivity contribution in [3.63, 3.8) is 0 Å². The molecule has 2 aromatic rings. The molecule has 1 saturated heterocycles. The molecule has 1 N–H and O–H groups in total. The van der Waals surface area contributed by atoms with Gasteiger partial charge >= 0.3 is 0 Å². The smallest absolute Gasteiger partial charge is 0.263 e. The van der Waals surface area contributed by atoms with Gasteiger partial charge in [-0.2, -0.15) is 0 Å². The summed E-state index contributed by atoms with van der Waals surface area (Å²) in [4.78, 5) is 14.3. The van der Waals surface area contributed by atoms with E-state index in [1.165, 1.54) is 12.1 Å². The van der Waals surface area contributed by atoms with Gasteiger partial charge in [0.05, 0.1) is 18.1 Å². The predicted molar refractivity (Wildman–Crippen MR) is 111 cm³/mol. The molecule has 8 heteroatoms. The van der Waals surface area contributed by atoms with Crippen molar-refractivity contribution in [2.24, 2.45) is 0 Å². The maximum Gasteiger partial charge on any atom is 0.263 e. The highest BCUT2D eigenvalue weighted by molar-refractivity contribution is 7.92. The Morgan fingerprint density at radius 3 is 2.24 bits per heavy atom. The largest absolute Gasteiger partial charge is 0.481 e. The first kappa shape index (κ1) is 21.1. The number of aryl methyl sites for hydroxylation is 2. The zero-order chi connectivity index (χ0) is 21.0. The van der Waals surface area contributed by atoms with Crippen molar-refractivity contribution in [2.45, 2.75) is 31.8 Å². The number of benzene rings is 2. The summed E-state index contributed by atoms with van der Waals surface area (Å²) < 4.78 is 38.8. The molecule has 1 fully saturated rings. The Morgan fingerprint density at radius 2 is 1.66 bits per heavy atom. The van der Waals surface area contributed by atoms with Crippen LogP contribution in [0, 0.1) is 13.8 Å². The first-order valence-electron chi connectivity index (χ1n) is 9.49. The lowest BCUT2D eigenvalue weighted by atomic mass is 10.1. The SMILES string of the molecule is Cc1cc(C)cc(NS(=O)(=O)c2ccc(O[C@@H](C)C(=O)N3CCOCC3)cc2)c1. The second-order valence-electron chi connectivity index (χ2n) is 7.15. The summed E-state index contributed by atoms with van der Waals surface area (Å²) in [5.74, 6) is 0.325.